The van der Waals surface area contributed by atoms with E-state index < -0.39 is 10.2 Å². The van der Waals surface area contributed by atoms with Crippen LogP contribution in [0.4, 0.5) is 0 Å². The quantitative estimate of drug-likeness (QED) is 0.629. The summed E-state index contributed by atoms with van der Waals surface area (Å²) < 4.78 is 27.3. The fourth-order valence-electron chi connectivity index (χ4n) is 1.79. The van der Waals surface area contributed by atoms with Gasteiger partial charge in [-0.15, -0.1) is 0 Å². The summed E-state index contributed by atoms with van der Waals surface area (Å²) in [7, 11) is -2.02. The fourth-order valence-corrected chi connectivity index (χ4v) is 2.69. The van der Waals surface area contributed by atoms with Crippen LogP contribution in [0.25, 0.3) is 0 Å². The van der Waals surface area contributed by atoms with Gasteiger partial charge in [0, 0.05) is 39.8 Å². The summed E-state index contributed by atoms with van der Waals surface area (Å²) >= 11 is 0. The van der Waals surface area contributed by atoms with E-state index in [0.29, 0.717) is 19.6 Å². The van der Waals surface area contributed by atoms with E-state index in [1.807, 2.05) is 6.92 Å². The van der Waals surface area contributed by atoms with Crippen LogP contribution in [-0.2, 0) is 15.0 Å². The molecule has 1 saturated heterocycles. The number of hydrogen-bond donors (Lipinski definition) is 2. The predicted octanol–water partition coefficient (Wildman–Crippen LogP) is -1.02. The van der Waals surface area contributed by atoms with Crippen molar-refractivity contribution in [1.82, 2.24) is 19.2 Å². The fraction of sp³-hybridized carbons (Fsp3) is 0.909. The van der Waals surface area contributed by atoms with Gasteiger partial charge in [0.2, 0.25) is 5.91 Å². The lowest BCUT2D eigenvalue weighted by Crippen LogP contribution is -2.50. The van der Waals surface area contributed by atoms with E-state index in [1.165, 1.54) is 11.4 Å². The Balaban J connectivity index is 2.39. The second-order valence-corrected chi connectivity index (χ2v) is 6.49. The molecule has 0 radical (unpaired) electrons. The average Bonchev–Trinajstić information content (AvgIpc) is 2.43. The third-order valence-electron chi connectivity index (χ3n) is 3.11. The van der Waals surface area contributed by atoms with Gasteiger partial charge < -0.3 is 10.2 Å². The molecule has 1 rings (SSSR count). The van der Waals surface area contributed by atoms with Crippen LogP contribution in [0.1, 0.15) is 19.8 Å². The Morgan fingerprint density at radius 1 is 1.37 bits per heavy atom. The van der Waals surface area contributed by atoms with Crippen molar-refractivity contribution in [3.63, 3.8) is 0 Å². The molecule has 0 unspecified atom stereocenters. The summed E-state index contributed by atoms with van der Waals surface area (Å²) in [4.78, 5) is 13.5. The molecule has 1 aliphatic heterocycles. The van der Waals surface area contributed by atoms with Crippen LogP contribution in [0.5, 0.6) is 0 Å². The maximum absolute atomic E-state index is 11.9. The van der Waals surface area contributed by atoms with Gasteiger partial charge in [-0.25, -0.2) is 0 Å². The number of hydrogen-bond acceptors (Lipinski definition) is 4. The number of carbonyl (C=O) groups excluding carboxylic acids is 1. The monoisotopic (exact) mass is 292 g/mol. The zero-order valence-electron chi connectivity index (χ0n) is 11.7. The van der Waals surface area contributed by atoms with Crippen LogP contribution >= 0.6 is 0 Å². The Morgan fingerprint density at radius 2 is 2.00 bits per heavy atom. The zero-order valence-corrected chi connectivity index (χ0v) is 12.5. The normalized spacial score (nSPS) is 16.9. The number of nitrogens with one attached hydrogen (secondary N) is 2. The van der Waals surface area contributed by atoms with Gasteiger partial charge in [-0.05, 0) is 6.42 Å². The SMILES string of the molecule is CCCCN(C)S(=O)(=O)NCC(=O)N1CCNCC1. The lowest BCUT2D eigenvalue weighted by atomic mass is 10.3. The van der Waals surface area contributed by atoms with Gasteiger partial charge in [-0.1, -0.05) is 13.3 Å². The molecule has 1 amide bonds. The maximum atomic E-state index is 11.9. The molecular formula is C11H24N4O3S. The molecule has 0 aromatic rings. The Labute approximate surface area is 115 Å². The molecule has 0 aliphatic carbocycles. The number of rotatable bonds is 7. The third-order valence-corrected chi connectivity index (χ3v) is 4.62. The highest BCUT2D eigenvalue weighted by Crippen LogP contribution is 1.99. The van der Waals surface area contributed by atoms with Crippen molar-refractivity contribution >= 4 is 16.1 Å². The van der Waals surface area contributed by atoms with E-state index in [1.54, 1.807) is 4.90 Å². The molecule has 2 N–H and O–H groups in total. The first kappa shape index (κ1) is 16.4. The highest BCUT2D eigenvalue weighted by Gasteiger charge is 2.21. The standard InChI is InChI=1S/C11H24N4O3S/c1-3-4-7-14(2)19(17,18)13-10-11(16)15-8-5-12-6-9-15/h12-13H,3-10H2,1-2H3. The number of carbonyl (C=O) groups is 1. The summed E-state index contributed by atoms with van der Waals surface area (Å²) in [5, 5.41) is 3.14. The Hall–Kier alpha value is -0.700. The summed E-state index contributed by atoms with van der Waals surface area (Å²) in [6, 6.07) is 0. The molecule has 8 heteroatoms. The van der Waals surface area contributed by atoms with Crippen molar-refractivity contribution in [2.24, 2.45) is 0 Å². The van der Waals surface area contributed by atoms with E-state index in [2.05, 4.69) is 10.0 Å². The first-order valence-corrected chi connectivity index (χ1v) is 8.11. The molecule has 0 bridgehead atoms. The van der Waals surface area contributed by atoms with Crippen molar-refractivity contribution in [3.05, 3.63) is 0 Å². The Morgan fingerprint density at radius 3 is 2.58 bits per heavy atom. The van der Waals surface area contributed by atoms with Crippen molar-refractivity contribution < 1.29 is 13.2 Å². The molecule has 0 atom stereocenters. The lowest BCUT2D eigenvalue weighted by molar-refractivity contribution is -0.130. The molecule has 0 spiro atoms. The van der Waals surface area contributed by atoms with E-state index in [9.17, 15) is 13.2 Å². The summed E-state index contributed by atoms with van der Waals surface area (Å²) in [5.41, 5.74) is 0. The van der Waals surface area contributed by atoms with Gasteiger partial charge in [0.15, 0.2) is 0 Å². The first-order chi connectivity index (χ1) is 8.97. The van der Waals surface area contributed by atoms with Gasteiger partial charge in [-0.3, -0.25) is 4.79 Å². The van der Waals surface area contributed by atoms with E-state index in [-0.39, 0.29) is 12.5 Å². The van der Waals surface area contributed by atoms with Crippen LogP contribution in [0.15, 0.2) is 0 Å². The molecule has 1 heterocycles. The van der Waals surface area contributed by atoms with Crippen molar-refractivity contribution in [1.29, 1.82) is 0 Å². The first-order valence-electron chi connectivity index (χ1n) is 6.66. The molecule has 0 saturated carbocycles. The Kier molecular flexibility index (Phi) is 6.70. The molecule has 1 aliphatic rings. The van der Waals surface area contributed by atoms with Crippen LogP contribution in [0.2, 0.25) is 0 Å². The number of unbranched alkanes of at least 4 members (excludes halogenated alkanes) is 1. The molecule has 0 aromatic heterocycles. The minimum Gasteiger partial charge on any atom is -0.339 e. The van der Waals surface area contributed by atoms with E-state index >= 15 is 0 Å². The highest BCUT2D eigenvalue weighted by molar-refractivity contribution is 7.87. The topological polar surface area (TPSA) is 81.8 Å². The largest absolute Gasteiger partial charge is 0.339 e. The highest BCUT2D eigenvalue weighted by atomic mass is 32.2. The third kappa shape index (κ3) is 5.43. The molecule has 0 aromatic carbocycles. The van der Waals surface area contributed by atoms with Crippen molar-refractivity contribution in [3.8, 4) is 0 Å². The smallest absolute Gasteiger partial charge is 0.279 e. The van der Waals surface area contributed by atoms with Crippen LogP contribution in [0.3, 0.4) is 0 Å². The van der Waals surface area contributed by atoms with Gasteiger partial charge in [0.1, 0.15) is 0 Å². The van der Waals surface area contributed by atoms with Gasteiger partial charge in [0.05, 0.1) is 6.54 Å². The Bertz CT molecular complexity index is 379. The zero-order chi connectivity index (χ0) is 14.3. The summed E-state index contributed by atoms with van der Waals surface area (Å²) in [6.45, 7) is 5.08. The molecular weight excluding hydrogens is 268 g/mol. The van der Waals surface area contributed by atoms with E-state index in [4.69, 9.17) is 0 Å². The summed E-state index contributed by atoms with van der Waals surface area (Å²) in [6.07, 6.45) is 1.74. The van der Waals surface area contributed by atoms with Crippen LogP contribution in [0, 0.1) is 0 Å². The second kappa shape index (κ2) is 7.78. The van der Waals surface area contributed by atoms with Gasteiger partial charge in [-0.2, -0.15) is 17.4 Å². The van der Waals surface area contributed by atoms with Gasteiger partial charge in [0.25, 0.3) is 10.2 Å². The number of amides is 1. The van der Waals surface area contributed by atoms with Crippen molar-refractivity contribution in [2.45, 2.75) is 19.8 Å². The lowest BCUT2D eigenvalue weighted by Gasteiger charge is -2.27. The van der Waals surface area contributed by atoms with Crippen molar-refractivity contribution in [2.75, 3.05) is 46.3 Å². The van der Waals surface area contributed by atoms with Crippen LogP contribution < -0.4 is 10.0 Å². The number of nitrogens with zero attached hydrogens (tertiary/aromatic N) is 2. The predicted molar refractivity (Wildman–Crippen MR) is 73.9 cm³/mol. The summed E-state index contributed by atoms with van der Waals surface area (Å²) in [5.74, 6) is -0.172. The minimum absolute atomic E-state index is 0.168. The van der Waals surface area contributed by atoms with E-state index in [0.717, 1.165) is 25.9 Å². The molecule has 7 nitrogen and oxygen atoms in total. The van der Waals surface area contributed by atoms with Crippen LogP contribution in [-0.4, -0.2) is 69.8 Å². The number of piperazine rings is 1. The average molecular weight is 292 g/mol. The maximum Gasteiger partial charge on any atom is 0.279 e. The molecule has 112 valence electrons. The second-order valence-electron chi connectivity index (χ2n) is 4.63. The molecule has 19 heavy (non-hydrogen) atoms. The molecule has 1 fully saturated rings. The van der Waals surface area contributed by atoms with Gasteiger partial charge >= 0.3 is 0 Å². The minimum atomic E-state index is -3.55.